The molecule has 2 aromatic rings. The van der Waals surface area contributed by atoms with Crippen LogP contribution in [0.1, 0.15) is 6.42 Å². The van der Waals surface area contributed by atoms with E-state index in [2.05, 4.69) is 40.2 Å². The number of hydrogen-bond donors (Lipinski definition) is 1. The molecule has 0 saturated carbocycles. The first kappa shape index (κ1) is 17.1. The Bertz CT molecular complexity index is 619. The summed E-state index contributed by atoms with van der Waals surface area (Å²) in [5, 5.41) is 4.07. The highest BCUT2D eigenvalue weighted by Crippen LogP contribution is 2.35. The standard InChI is InChI=1S/C17H20BrClN2O/c1-21(2)11-5-10-20-15-6-3-4-7-16(15)22-17-12-13(19)8-9-14(17)18/h3-4,6-9,12,20H,5,10-11H2,1-2H3. The van der Waals surface area contributed by atoms with Crippen molar-refractivity contribution in [1.82, 2.24) is 4.90 Å². The Morgan fingerprint density at radius 2 is 1.91 bits per heavy atom. The van der Waals surface area contributed by atoms with E-state index in [1.54, 1.807) is 6.07 Å². The summed E-state index contributed by atoms with van der Waals surface area (Å²) in [6, 6.07) is 13.4. The van der Waals surface area contributed by atoms with Gasteiger partial charge in [-0.05, 0) is 67.3 Å². The Hall–Kier alpha value is -1.23. The van der Waals surface area contributed by atoms with Gasteiger partial charge >= 0.3 is 0 Å². The maximum atomic E-state index is 6.03. The molecule has 2 rings (SSSR count). The highest BCUT2D eigenvalue weighted by atomic mass is 79.9. The highest BCUT2D eigenvalue weighted by molar-refractivity contribution is 9.10. The van der Waals surface area contributed by atoms with Crippen molar-refractivity contribution in [3.8, 4) is 11.5 Å². The van der Waals surface area contributed by atoms with Gasteiger partial charge in [0.15, 0.2) is 5.75 Å². The number of nitrogens with one attached hydrogen (secondary N) is 1. The molecule has 0 atom stereocenters. The summed E-state index contributed by atoms with van der Waals surface area (Å²) in [5.74, 6) is 1.49. The van der Waals surface area contributed by atoms with Gasteiger partial charge in [0.2, 0.25) is 0 Å². The minimum atomic E-state index is 0.648. The number of nitrogens with zero attached hydrogens (tertiary/aromatic N) is 1. The van der Waals surface area contributed by atoms with Crippen LogP contribution in [0.25, 0.3) is 0 Å². The first-order valence-corrected chi connectivity index (χ1v) is 8.34. The molecule has 5 heteroatoms. The lowest BCUT2D eigenvalue weighted by molar-refractivity contribution is 0.405. The van der Waals surface area contributed by atoms with Crippen molar-refractivity contribution in [2.24, 2.45) is 0 Å². The fraction of sp³-hybridized carbons (Fsp3) is 0.294. The smallest absolute Gasteiger partial charge is 0.150 e. The molecule has 0 spiro atoms. The van der Waals surface area contributed by atoms with Crippen LogP contribution in [-0.2, 0) is 0 Å². The van der Waals surface area contributed by atoms with Gasteiger partial charge in [-0.3, -0.25) is 0 Å². The molecule has 0 aliphatic carbocycles. The largest absolute Gasteiger partial charge is 0.454 e. The second-order valence-corrected chi connectivity index (χ2v) is 6.55. The molecule has 0 aliphatic rings. The van der Waals surface area contributed by atoms with Crippen molar-refractivity contribution in [1.29, 1.82) is 0 Å². The number of hydrogen-bond acceptors (Lipinski definition) is 3. The summed E-state index contributed by atoms with van der Waals surface area (Å²) in [6.07, 6.45) is 1.07. The quantitative estimate of drug-likeness (QED) is 0.660. The van der Waals surface area contributed by atoms with Gasteiger partial charge in [-0.15, -0.1) is 0 Å². The van der Waals surface area contributed by atoms with E-state index in [1.165, 1.54) is 0 Å². The van der Waals surface area contributed by atoms with Crippen LogP contribution >= 0.6 is 27.5 Å². The van der Waals surface area contributed by atoms with E-state index >= 15 is 0 Å². The summed E-state index contributed by atoms with van der Waals surface area (Å²) >= 11 is 9.52. The normalized spacial score (nSPS) is 10.8. The second-order valence-electron chi connectivity index (χ2n) is 5.26. The molecule has 0 fully saturated rings. The van der Waals surface area contributed by atoms with E-state index in [9.17, 15) is 0 Å². The van der Waals surface area contributed by atoms with E-state index in [4.69, 9.17) is 16.3 Å². The summed E-state index contributed by atoms with van der Waals surface area (Å²) in [7, 11) is 4.15. The molecule has 0 aliphatic heterocycles. The summed E-state index contributed by atoms with van der Waals surface area (Å²) in [6.45, 7) is 1.95. The number of anilines is 1. The van der Waals surface area contributed by atoms with Crippen LogP contribution < -0.4 is 10.1 Å². The Kier molecular flexibility index (Phi) is 6.55. The van der Waals surface area contributed by atoms with Crippen LogP contribution in [0.15, 0.2) is 46.9 Å². The lowest BCUT2D eigenvalue weighted by atomic mass is 10.2. The molecule has 0 unspecified atom stereocenters. The molecular formula is C17H20BrClN2O. The molecule has 0 radical (unpaired) electrons. The van der Waals surface area contributed by atoms with Gasteiger partial charge in [0.1, 0.15) is 5.75 Å². The fourth-order valence-electron chi connectivity index (χ4n) is 1.99. The van der Waals surface area contributed by atoms with E-state index in [0.29, 0.717) is 10.8 Å². The Balaban J connectivity index is 2.06. The van der Waals surface area contributed by atoms with Gasteiger partial charge in [-0.2, -0.15) is 0 Å². The highest BCUT2D eigenvalue weighted by Gasteiger charge is 2.07. The SMILES string of the molecule is CN(C)CCCNc1ccccc1Oc1cc(Cl)ccc1Br. The average molecular weight is 384 g/mol. The summed E-state index contributed by atoms with van der Waals surface area (Å²) < 4.78 is 6.87. The van der Waals surface area contributed by atoms with Gasteiger partial charge in [0.25, 0.3) is 0 Å². The minimum absolute atomic E-state index is 0.648. The van der Waals surface area contributed by atoms with E-state index in [-0.39, 0.29) is 0 Å². The number of benzene rings is 2. The third-order valence-electron chi connectivity index (χ3n) is 3.10. The molecule has 0 saturated heterocycles. The molecule has 3 nitrogen and oxygen atoms in total. The first-order chi connectivity index (χ1) is 10.6. The van der Waals surface area contributed by atoms with Crippen LogP contribution in [0, 0.1) is 0 Å². The number of ether oxygens (including phenoxy) is 1. The zero-order valence-electron chi connectivity index (χ0n) is 12.8. The molecule has 0 aromatic heterocycles. The van der Waals surface area contributed by atoms with Crippen molar-refractivity contribution in [2.75, 3.05) is 32.5 Å². The molecule has 0 amide bonds. The van der Waals surface area contributed by atoms with Gasteiger partial charge in [-0.1, -0.05) is 23.7 Å². The van der Waals surface area contributed by atoms with E-state index < -0.39 is 0 Å². The lowest BCUT2D eigenvalue weighted by Gasteiger charge is -2.15. The van der Waals surface area contributed by atoms with Gasteiger partial charge < -0.3 is 15.0 Å². The molecular weight excluding hydrogens is 364 g/mol. The third kappa shape index (κ3) is 5.20. The maximum absolute atomic E-state index is 6.03. The van der Waals surface area contributed by atoms with Gasteiger partial charge in [-0.25, -0.2) is 0 Å². The zero-order chi connectivity index (χ0) is 15.9. The van der Waals surface area contributed by atoms with Crippen LogP contribution in [0.2, 0.25) is 5.02 Å². The zero-order valence-corrected chi connectivity index (χ0v) is 15.1. The summed E-state index contributed by atoms with van der Waals surface area (Å²) in [4.78, 5) is 2.17. The van der Waals surface area contributed by atoms with Crippen molar-refractivity contribution in [2.45, 2.75) is 6.42 Å². The minimum Gasteiger partial charge on any atom is -0.454 e. The first-order valence-electron chi connectivity index (χ1n) is 7.17. The van der Waals surface area contributed by atoms with Crippen LogP contribution in [0.4, 0.5) is 5.69 Å². The van der Waals surface area contributed by atoms with Gasteiger partial charge in [0, 0.05) is 17.6 Å². The summed E-state index contributed by atoms with van der Waals surface area (Å²) in [5.41, 5.74) is 0.980. The molecule has 1 N–H and O–H groups in total. The van der Waals surface area contributed by atoms with Crippen molar-refractivity contribution in [3.63, 3.8) is 0 Å². The molecule has 22 heavy (non-hydrogen) atoms. The maximum Gasteiger partial charge on any atom is 0.150 e. The molecule has 0 heterocycles. The molecule has 118 valence electrons. The topological polar surface area (TPSA) is 24.5 Å². The predicted molar refractivity (Wildman–Crippen MR) is 97.3 cm³/mol. The van der Waals surface area contributed by atoms with E-state index in [0.717, 1.165) is 35.4 Å². The van der Waals surface area contributed by atoms with Crippen LogP contribution in [0.5, 0.6) is 11.5 Å². The Labute approximate surface area is 145 Å². The number of rotatable bonds is 7. The predicted octanol–water partition coefficient (Wildman–Crippen LogP) is 5.26. The average Bonchev–Trinajstić information content (AvgIpc) is 2.49. The van der Waals surface area contributed by atoms with E-state index in [1.807, 2.05) is 36.4 Å². The van der Waals surface area contributed by atoms with Crippen LogP contribution in [0.3, 0.4) is 0 Å². The van der Waals surface area contributed by atoms with Crippen molar-refractivity contribution >= 4 is 33.2 Å². The number of halogens is 2. The van der Waals surface area contributed by atoms with Gasteiger partial charge in [0.05, 0.1) is 10.2 Å². The molecule has 0 bridgehead atoms. The second kappa shape index (κ2) is 8.42. The monoisotopic (exact) mass is 382 g/mol. The Morgan fingerprint density at radius 1 is 1.14 bits per heavy atom. The Morgan fingerprint density at radius 3 is 2.68 bits per heavy atom. The third-order valence-corrected chi connectivity index (χ3v) is 3.99. The molecule has 2 aromatic carbocycles. The van der Waals surface area contributed by atoms with Crippen molar-refractivity contribution < 1.29 is 4.74 Å². The lowest BCUT2D eigenvalue weighted by Crippen LogP contribution is -2.16. The fourth-order valence-corrected chi connectivity index (χ4v) is 2.48. The number of para-hydroxylation sites is 2. The van der Waals surface area contributed by atoms with Crippen LogP contribution in [-0.4, -0.2) is 32.1 Å². The van der Waals surface area contributed by atoms with Crippen molar-refractivity contribution in [3.05, 3.63) is 52.0 Å².